The van der Waals surface area contributed by atoms with E-state index < -0.39 is 0 Å². The number of aromatic nitrogens is 1. The first-order valence-electron chi connectivity index (χ1n) is 9.34. The normalized spacial score (nSPS) is 22.8. The average Bonchev–Trinajstić information content (AvgIpc) is 3.34. The van der Waals surface area contributed by atoms with Crippen molar-refractivity contribution in [3.8, 4) is 11.5 Å². The molecule has 3 unspecified atom stereocenters. The molecule has 1 aliphatic carbocycles. The van der Waals surface area contributed by atoms with E-state index in [4.69, 9.17) is 9.47 Å². The number of fused-ring (bicyclic) bond motifs is 2. The summed E-state index contributed by atoms with van der Waals surface area (Å²) < 4.78 is 10.6. The van der Waals surface area contributed by atoms with Gasteiger partial charge in [0.05, 0.1) is 31.4 Å². The van der Waals surface area contributed by atoms with Crippen LogP contribution in [0.5, 0.6) is 11.5 Å². The van der Waals surface area contributed by atoms with Gasteiger partial charge in [0.1, 0.15) is 11.5 Å². The molecular formula is C21H23N3O4. The van der Waals surface area contributed by atoms with Crippen LogP contribution < -0.4 is 14.8 Å². The van der Waals surface area contributed by atoms with Crippen LogP contribution in [0.2, 0.25) is 0 Å². The fourth-order valence-corrected chi connectivity index (χ4v) is 4.29. The van der Waals surface area contributed by atoms with Crippen LogP contribution in [0.15, 0.2) is 42.7 Å². The van der Waals surface area contributed by atoms with Gasteiger partial charge in [-0.05, 0) is 43.0 Å². The first-order chi connectivity index (χ1) is 13.6. The number of ether oxygens (including phenoxy) is 2. The van der Waals surface area contributed by atoms with Crippen molar-refractivity contribution >= 4 is 11.8 Å². The Morgan fingerprint density at radius 3 is 2.71 bits per heavy atom. The Balaban J connectivity index is 1.51. The van der Waals surface area contributed by atoms with Gasteiger partial charge < -0.3 is 19.7 Å². The molecule has 1 N–H and O–H groups in total. The van der Waals surface area contributed by atoms with E-state index in [9.17, 15) is 9.59 Å². The maximum absolute atomic E-state index is 13.2. The van der Waals surface area contributed by atoms with Crippen LogP contribution >= 0.6 is 0 Å². The second-order valence-electron chi connectivity index (χ2n) is 7.25. The summed E-state index contributed by atoms with van der Waals surface area (Å²) in [4.78, 5) is 31.6. The maximum Gasteiger partial charge on any atom is 0.257 e. The minimum atomic E-state index is -0.153. The first-order valence-corrected chi connectivity index (χ1v) is 9.34. The van der Waals surface area contributed by atoms with Crippen molar-refractivity contribution in [2.75, 3.05) is 20.8 Å². The molecule has 7 nitrogen and oxygen atoms in total. The van der Waals surface area contributed by atoms with Crippen LogP contribution in [-0.4, -0.2) is 54.5 Å². The second kappa shape index (κ2) is 7.50. The van der Waals surface area contributed by atoms with Gasteiger partial charge in [0.15, 0.2) is 0 Å². The molecule has 28 heavy (non-hydrogen) atoms. The molecule has 2 aliphatic rings. The number of nitrogens with one attached hydrogen (secondary N) is 1. The third-order valence-electron chi connectivity index (χ3n) is 5.62. The van der Waals surface area contributed by atoms with Gasteiger partial charge >= 0.3 is 0 Å². The molecule has 2 bridgehead atoms. The molecule has 3 atom stereocenters. The Hall–Kier alpha value is -3.09. The van der Waals surface area contributed by atoms with Crippen molar-refractivity contribution in [3.05, 3.63) is 53.9 Å². The topological polar surface area (TPSA) is 80.8 Å². The van der Waals surface area contributed by atoms with E-state index in [-0.39, 0.29) is 23.9 Å². The van der Waals surface area contributed by atoms with Gasteiger partial charge in [-0.2, -0.15) is 0 Å². The standard InChI is InChI=1S/C21H23N3O4/c1-27-15-5-6-16(19(10-15)28-2)21(26)24-12-13-8-17(18(24)9-13)23-20(25)14-4-3-7-22-11-14/h3-7,10-11,13,17-18H,8-9,12H2,1-2H3,(H,23,25). The third kappa shape index (κ3) is 3.28. The smallest absolute Gasteiger partial charge is 0.257 e. The van der Waals surface area contributed by atoms with E-state index in [0.29, 0.717) is 35.1 Å². The van der Waals surface area contributed by atoms with Crippen molar-refractivity contribution in [1.82, 2.24) is 15.2 Å². The Labute approximate surface area is 163 Å². The molecule has 1 aromatic heterocycles. The summed E-state index contributed by atoms with van der Waals surface area (Å²) in [5.74, 6) is 1.30. The Kier molecular flexibility index (Phi) is 4.90. The summed E-state index contributed by atoms with van der Waals surface area (Å²) in [5, 5.41) is 3.09. The lowest BCUT2D eigenvalue weighted by atomic mass is 10.0. The molecule has 1 aliphatic heterocycles. The summed E-state index contributed by atoms with van der Waals surface area (Å²) in [6.45, 7) is 0.706. The first kappa shape index (κ1) is 18.3. The number of carbonyl (C=O) groups is 2. The number of piperidine rings is 1. The summed E-state index contributed by atoms with van der Waals surface area (Å²) >= 11 is 0. The monoisotopic (exact) mass is 381 g/mol. The molecule has 7 heteroatoms. The lowest BCUT2D eigenvalue weighted by Crippen LogP contribution is -2.52. The van der Waals surface area contributed by atoms with E-state index >= 15 is 0 Å². The highest BCUT2D eigenvalue weighted by Crippen LogP contribution is 2.39. The fraction of sp³-hybridized carbons (Fsp3) is 0.381. The number of amides is 2. The molecule has 0 spiro atoms. The van der Waals surface area contributed by atoms with Crippen molar-refractivity contribution in [3.63, 3.8) is 0 Å². The van der Waals surface area contributed by atoms with Crippen molar-refractivity contribution in [2.24, 2.45) is 5.92 Å². The minimum Gasteiger partial charge on any atom is -0.497 e. The number of nitrogens with zero attached hydrogens (tertiary/aromatic N) is 2. The van der Waals surface area contributed by atoms with Gasteiger partial charge in [-0.3, -0.25) is 14.6 Å². The van der Waals surface area contributed by atoms with E-state index in [1.54, 1.807) is 56.9 Å². The van der Waals surface area contributed by atoms with Crippen LogP contribution in [-0.2, 0) is 0 Å². The Bertz CT molecular complexity index is 886. The molecule has 4 rings (SSSR count). The van der Waals surface area contributed by atoms with Crippen LogP contribution in [0, 0.1) is 5.92 Å². The SMILES string of the molecule is COc1ccc(C(=O)N2CC3CC(NC(=O)c4cccnc4)C2C3)c(OC)c1. The molecule has 2 heterocycles. The summed E-state index contributed by atoms with van der Waals surface area (Å²) in [6.07, 6.45) is 4.98. The van der Waals surface area contributed by atoms with Gasteiger partial charge in [0, 0.05) is 31.0 Å². The molecule has 1 saturated carbocycles. The second-order valence-corrected chi connectivity index (χ2v) is 7.25. The highest BCUT2D eigenvalue weighted by molar-refractivity contribution is 5.98. The lowest BCUT2D eigenvalue weighted by molar-refractivity contribution is 0.0645. The maximum atomic E-state index is 13.2. The van der Waals surface area contributed by atoms with Crippen LogP contribution in [0.4, 0.5) is 0 Å². The van der Waals surface area contributed by atoms with Gasteiger partial charge in [-0.15, -0.1) is 0 Å². The van der Waals surface area contributed by atoms with Crippen LogP contribution in [0.3, 0.4) is 0 Å². The molecular weight excluding hydrogens is 358 g/mol. The van der Waals surface area contributed by atoms with Crippen molar-refractivity contribution in [1.29, 1.82) is 0 Å². The number of hydrogen-bond donors (Lipinski definition) is 1. The predicted molar refractivity (Wildman–Crippen MR) is 103 cm³/mol. The van der Waals surface area contributed by atoms with Gasteiger partial charge in [-0.1, -0.05) is 0 Å². The molecule has 0 radical (unpaired) electrons. The summed E-state index contributed by atoms with van der Waals surface area (Å²) in [7, 11) is 3.11. The Morgan fingerprint density at radius 2 is 2.04 bits per heavy atom. The number of rotatable bonds is 5. The third-order valence-corrected chi connectivity index (χ3v) is 5.62. The van der Waals surface area contributed by atoms with Gasteiger partial charge in [0.25, 0.3) is 11.8 Å². The van der Waals surface area contributed by atoms with E-state index in [0.717, 1.165) is 12.8 Å². The van der Waals surface area contributed by atoms with Crippen LogP contribution in [0.25, 0.3) is 0 Å². The zero-order valence-electron chi connectivity index (χ0n) is 15.9. The van der Waals surface area contributed by atoms with Crippen LogP contribution in [0.1, 0.15) is 33.6 Å². The predicted octanol–water partition coefficient (Wildman–Crippen LogP) is 2.13. The highest BCUT2D eigenvalue weighted by Gasteiger charge is 2.47. The van der Waals surface area contributed by atoms with E-state index in [1.807, 2.05) is 4.90 Å². The number of likely N-dealkylation sites (tertiary alicyclic amines) is 1. The molecule has 2 aromatic rings. The number of methoxy groups -OCH3 is 2. The molecule has 1 aromatic carbocycles. The quantitative estimate of drug-likeness (QED) is 0.858. The van der Waals surface area contributed by atoms with E-state index in [2.05, 4.69) is 10.3 Å². The Morgan fingerprint density at radius 1 is 1.18 bits per heavy atom. The van der Waals surface area contributed by atoms with Gasteiger partial charge in [-0.25, -0.2) is 0 Å². The molecule has 146 valence electrons. The zero-order valence-corrected chi connectivity index (χ0v) is 15.9. The number of pyridine rings is 1. The molecule has 2 amide bonds. The van der Waals surface area contributed by atoms with E-state index in [1.165, 1.54) is 0 Å². The number of hydrogen-bond acceptors (Lipinski definition) is 5. The van der Waals surface area contributed by atoms with Crippen molar-refractivity contribution < 1.29 is 19.1 Å². The highest BCUT2D eigenvalue weighted by atomic mass is 16.5. The molecule has 1 saturated heterocycles. The summed E-state index contributed by atoms with van der Waals surface area (Å²) in [5.41, 5.74) is 1.04. The average molecular weight is 381 g/mol. The minimum absolute atomic E-state index is 0.00932. The zero-order chi connectivity index (χ0) is 19.7. The number of benzene rings is 1. The largest absolute Gasteiger partial charge is 0.497 e. The van der Waals surface area contributed by atoms with Crippen molar-refractivity contribution in [2.45, 2.75) is 24.9 Å². The summed E-state index contributed by atoms with van der Waals surface area (Å²) in [6, 6.07) is 8.61. The van der Waals surface area contributed by atoms with Gasteiger partial charge in [0.2, 0.25) is 0 Å². The molecule has 2 fully saturated rings. The lowest BCUT2D eigenvalue weighted by Gasteiger charge is -2.34. The number of carbonyl (C=O) groups excluding carboxylic acids is 2. The fourth-order valence-electron chi connectivity index (χ4n) is 4.29.